The van der Waals surface area contributed by atoms with Crippen LogP contribution in [0.25, 0.3) is 11.0 Å². The Morgan fingerprint density at radius 1 is 0.964 bits per heavy atom. The number of anilines is 1. The Labute approximate surface area is 172 Å². The third kappa shape index (κ3) is 4.27. The molecule has 0 fully saturated rings. The zero-order chi connectivity index (χ0) is 19.3. The largest absolute Gasteiger partial charge is 0.489 e. The standard InChI is InChI=1S/C21H16Cl2N4O/c22-17-4-3-5-18(23)16(17)13-28-15-10-8-14(9-11-15)12-24-27-21-25-19-6-1-2-7-20(19)26-21/h1-12H,13H2,(H2,25,26,27)/b24-12-. The average molecular weight is 411 g/mol. The molecule has 5 nitrogen and oxygen atoms in total. The fraction of sp³-hybridized carbons (Fsp3) is 0.0476. The lowest BCUT2D eigenvalue weighted by Gasteiger charge is -2.09. The first-order chi connectivity index (χ1) is 13.7. The molecular weight excluding hydrogens is 395 g/mol. The Morgan fingerprint density at radius 3 is 2.46 bits per heavy atom. The lowest BCUT2D eigenvalue weighted by atomic mass is 10.2. The van der Waals surface area contributed by atoms with Gasteiger partial charge in [0.2, 0.25) is 5.95 Å². The molecule has 0 bridgehead atoms. The van der Waals surface area contributed by atoms with Gasteiger partial charge in [0.1, 0.15) is 12.4 Å². The third-order valence-corrected chi connectivity index (χ3v) is 4.81. The third-order valence-electron chi connectivity index (χ3n) is 4.10. The van der Waals surface area contributed by atoms with Crippen LogP contribution < -0.4 is 10.2 Å². The summed E-state index contributed by atoms with van der Waals surface area (Å²) in [5, 5.41) is 5.39. The highest BCUT2D eigenvalue weighted by molar-refractivity contribution is 6.35. The molecule has 0 spiro atoms. The molecule has 0 aliphatic heterocycles. The molecule has 3 aromatic carbocycles. The van der Waals surface area contributed by atoms with Crippen LogP contribution in [0.1, 0.15) is 11.1 Å². The summed E-state index contributed by atoms with van der Waals surface area (Å²) < 4.78 is 5.77. The van der Waals surface area contributed by atoms with Gasteiger partial charge in [0.25, 0.3) is 0 Å². The lowest BCUT2D eigenvalue weighted by Crippen LogP contribution is -1.97. The number of hydrogen-bond donors (Lipinski definition) is 2. The normalized spacial score (nSPS) is 11.2. The van der Waals surface area contributed by atoms with Crippen LogP contribution in [0.5, 0.6) is 5.75 Å². The minimum Gasteiger partial charge on any atom is -0.489 e. The summed E-state index contributed by atoms with van der Waals surface area (Å²) in [6.07, 6.45) is 1.71. The maximum Gasteiger partial charge on any atom is 0.222 e. The van der Waals surface area contributed by atoms with Crippen molar-refractivity contribution in [3.63, 3.8) is 0 Å². The van der Waals surface area contributed by atoms with E-state index in [1.54, 1.807) is 18.3 Å². The number of aromatic amines is 1. The molecule has 0 aliphatic rings. The van der Waals surface area contributed by atoms with E-state index in [0.29, 0.717) is 22.6 Å². The quantitative estimate of drug-likeness (QED) is 0.307. The van der Waals surface area contributed by atoms with Crippen LogP contribution in [-0.2, 0) is 6.61 Å². The topological polar surface area (TPSA) is 62.3 Å². The summed E-state index contributed by atoms with van der Waals surface area (Å²) >= 11 is 12.3. The van der Waals surface area contributed by atoms with Crippen molar-refractivity contribution < 1.29 is 4.74 Å². The molecule has 4 aromatic rings. The molecule has 0 radical (unpaired) electrons. The number of halogens is 2. The van der Waals surface area contributed by atoms with Gasteiger partial charge in [0.15, 0.2) is 0 Å². The van der Waals surface area contributed by atoms with Crippen LogP contribution in [-0.4, -0.2) is 16.2 Å². The van der Waals surface area contributed by atoms with Gasteiger partial charge in [-0.25, -0.2) is 10.4 Å². The summed E-state index contributed by atoms with van der Waals surface area (Å²) in [7, 11) is 0. The van der Waals surface area contributed by atoms with E-state index in [9.17, 15) is 0 Å². The van der Waals surface area contributed by atoms with Crippen LogP contribution in [0.2, 0.25) is 10.0 Å². The predicted molar refractivity (Wildman–Crippen MR) is 115 cm³/mol. The molecule has 0 amide bonds. The van der Waals surface area contributed by atoms with Crippen LogP contribution in [0, 0.1) is 0 Å². The minimum atomic E-state index is 0.305. The Morgan fingerprint density at radius 2 is 1.71 bits per heavy atom. The highest BCUT2D eigenvalue weighted by atomic mass is 35.5. The Balaban J connectivity index is 1.35. The van der Waals surface area contributed by atoms with Crippen LogP contribution in [0.15, 0.2) is 71.8 Å². The number of para-hydroxylation sites is 2. The monoisotopic (exact) mass is 410 g/mol. The summed E-state index contributed by atoms with van der Waals surface area (Å²) in [5.41, 5.74) is 6.44. The molecule has 0 aliphatic carbocycles. The Bertz CT molecular complexity index is 1070. The fourth-order valence-corrected chi connectivity index (χ4v) is 3.16. The zero-order valence-corrected chi connectivity index (χ0v) is 16.2. The first-order valence-electron chi connectivity index (χ1n) is 8.58. The van der Waals surface area contributed by atoms with Crippen molar-refractivity contribution in [2.45, 2.75) is 6.61 Å². The van der Waals surface area contributed by atoms with Crippen molar-refractivity contribution in [3.05, 3.63) is 87.9 Å². The molecule has 1 aromatic heterocycles. The number of ether oxygens (including phenoxy) is 1. The number of H-pyrrole nitrogens is 1. The van der Waals surface area contributed by atoms with E-state index in [-0.39, 0.29) is 0 Å². The first kappa shape index (κ1) is 18.3. The second-order valence-electron chi connectivity index (χ2n) is 6.03. The van der Waals surface area contributed by atoms with Crippen LogP contribution >= 0.6 is 23.2 Å². The Hall–Kier alpha value is -3.02. The van der Waals surface area contributed by atoms with Crippen molar-refractivity contribution >= 4 is 46.4 Å². The first-order valence-corrected chi connectivity index (χ1v) is 9.34. The van der Waals surface area contributed by atoms with Gasteiger partial charge in [-0.15, -0.1) is 0 Å². The molecule has 0 saturated heterocycles. The summed E-state index contributed by atoms with van der Waals surface area (Å²) in [5.74, 6) is 1.31. The van der Waals surface area contributed by atoms with Gasteiger partial charge in [-0.05, 0) is 54.1 Å². The van der Waals surface area contributed by atoms with Crippen molar-refractivity contribution in [2.75, 3.05) is 5.43 Å². The van der Waals surface area contributed by atoms with E-state index in [1.807, 2.05) is 54.6 Å². The fourth-order valence-electron chi connectivity index (χ4n) is 2.65. The second kappa shape index (κ2) is 8.33. The molecule has 2 N–H and O–H groups in total. The van der Waals surface area contributed by atoms with E-state index >= 15 is 0 Å². The smallest absolute Gasteiger partial charge is 0.222 e. The highest BCUT2D eigenvalue weighted by Gasteiger charge is 2.06. The maximum atomic E-state index is 6.16. The van der Waals surface area contributed by atoms with Crippen molar-refractivity contribution in [3.8, 4) is 5.75 Å². The van der Waals surface area contributed by atoms with Crippen LogP contribution in [0.4, 0.5) is 5.95 Å². The van der Waals surface area contributed by atoms with Crippen molar-refractivity contribution in [1.29, 1.82) is 0 Å². The SMILES string of the molecule is Clc1cccc(Cl)c1COc1ccc(/C=N\Nc2nc3ccccc3[nH]2)cc1. The maximum absolute atomic E-state index is 6.16. The summed E-state index contributed by atoms with van der Waals surface area (Å²) in [4.78, 5) is 7.56. The van der Waals surface area contributed by atoms with E-state index in [0.717, 1.165) is 27.9 Å². The second-order valence-corrected chi connectivity index (χ2v) is 6.84. The molecule has 4 rings (SSSR count). The molecule has 0 atom stereocenters. The number of aromatic nitrogens is 2. The molecule has 0 saturated carbocycles. The van der Waals surface area contributed by atoms with Gasteiger partial charge < -0.3 is 9.72 Å². The van der Waals surface area contributed by atoms with Gasteiger partial charge in [-0.1, -0.05) is 41.4 Å². The molecular formula is C21H16Cl2N4O. The van der Waals surface area contributed by atoms with E-state index in [1.165, 1.54) is 0 Å². The molecule has 140 valence electrons. The molecule has 0 unspecified atom stereocenters. The Kier molecular flexibility index (Phi) is 5.46. The zero-order valence-electron chi connectivity index (χ0n) is 14.7. The van der Waals surface area contributed by atoms with Crippen molar-refractivity contribution in [1.82, 2.24) is 9.97 Å². The van der Waals surface area contributed by atoms with E-state index in [4.69, 9.17) is 27.9 Å². The number of hydrazone groups is 1. The van der Waals surface area contributed by atoms with Gasteiger partial charge in [0.05, 0.1) is 17.2 Å². The van der Waals surface area contributed by atoms with Gasteiger partial charge >= 0.3 is 0 Å². The number of nitrogens with one attached hydrogen (secondary N) is 2. The number of hydrogen-bond acceptors (Lipinski definition) is 4. The molecule has 28 heavy (non-hydrogen) atoms. The predicted octanol–water partition coefficient (Wildman–Crippen LogP) is 5.89. The van der Waals surface area contributed by atoms with E-state index in [2.05, 4.69) is 20.5 Å². The molecule has 7 heteroatoms. The van der Waals surface area contributed by atoms with Gasteiger partial charge in [-0.3, -0.25) is 0 Å². The van der Waals surface area contributed by atoms with Gasteiger partial charge in [-0.2, -0.15) is 5.10 Å². The number of nitrogens with zero attached hydrogens (tertiary/aromatic N) is 2. The number of benzene rings is 3. The molecule has 1 heterocycles. The number of rotatable bonds is 6. The van der Waals surface area contributed by atoms with Gasteiger partial charge in [0, 0.05) is 15.6 Å². The summed E-state index contributed by atoms with van der Waals surface area (Å²) in [6.45, 7) is 0.305. The van der Waals surface area contributed by atoms with E-state index < -0.39 is 0 Å². The minimum absolute atomic E-state index is 0.305. The number of fused-ring (bicyclic) bond motifs is 1. The van der Waals surface area contributed by atoms with Crippen molar-refractivity contribution in [2.24, 2.45) is 5.10 Å². The van der Waals surface area contributed by atoms with Crippen LogP contribution in [0.3, 0.4) is 0 Å². The lowest BCUT2D eigenvalue weighted by molar-refractivity contribution is 0.306. The average Bonchev–Trinajstić information content (AvgIpc) is 3.11. The summed E-state index contributed by atoms with van der Waals surface area (Å²) in [6, 6.07) is 20.8. The highest BCUT2D eigenvalue weighted by Crippen LogP contribution is 2.25. The number of imidazole rings is 1.